The Morgan fingerprint density at radius 1 is 1.22 bits per heavy atom. The van der Waals surface area contributed by atoms with Crippen molar-refractivity contribution in [2.75, 3.05) is 24.7 Å². The normalized spacial score (nSPS) is 11.2. The molecule has 2 aromatic rings. The van der Waals surface area contributed by atoms with E-state index >= 15 is 0 Å². The Kier molecular flexibility index (Phi) is 5.58. The number of thioether (sulfide) groups is 1. The fourth-order valence-electron chi connectivity index (χ4n) is 1.75. The average molecular weight is 265 g/mol. The SMILES string of the molecule is OCCCSCCNCc1cc2ccccc2o1. The van der Waals surface area contributed by atoms with E-state index in [9.17, 15) is 0 Å². The van der Waals surface area contributed by atoms with E-state index in [1.165, 1.54) is 0 Å². The van der Waals surface area contributed by atoms with E-state index in [-0.39, 0.29) is 0 Å². The lowest BCUT2D eigenvalue weighted by Crippen LogP contribution is -2.16. The predicted molar refractivity (Wildman–Crippen MR) is 76.9 cm³/mol. The highest BCUT2D eigenvalue weighted by Crippen LogP contribution is 2.18. The third-order valence-corrected chi connectivity index (χ3v) is 3.72. The molecule has 98 valence electrons. The van der Waals surface area contributed by atoms with Gasteiger partial charge in [-0.25, -0.2) is 0 Å². The largest absolute Gasteiger partial charge is 0.460 e. The van der Waals surface area contributed by atoms with Gasteiger partial charge in [-0.05, 0) is 24.3 Å². The van der Waals surface area contributed by atoms with Crippen molar-refractivity contribution in [3.05, 3.63) is 36.1 Å². The summed E-state index contributed by atoms with van der Waals surface area (Å²) in [6, 6.07) is 10.1. The monoisotopic (exact) mass is 265 g/mol. The lowest BCUT2D eigenvalue weighted by atomic mass is 10.2. The summed E-state index contributed by atoms with van der Waals surface area (Å²) in [4.78, 5) is 0. The summed E-state index contributed by atoms with van der Waals surface area (Å²) in [5.74, 6) is 3.08. The molecular weight excluding hydrogens is 246 g/mol. The molecule has 0 aliphatic rings. The van der Waals surface area contributed by atoms with Crippen LogP contribution in [-0.2, 0) is 6.54 Å². The molecule has 0 unspecified atom stereocenters. The van der Waals surface area contributed by atoms with Gasteiger partial charge in [0.05, 0.1) is 6.54 Å². The van der Waals surface area contributed by atoms with E-state index in [0.29, 0.717) is 6.61 Å². The van der Waals surface area contributed by atoms with Crippen LogP contribution in [0.15, 0.2) is 34.7 Å². The van der Waals surface area contributed by atoms with Crippen LogP contribution in [0.4, 0.5) is 0 Å². The quantitative estimate of drug-likeness (QED) is 0.720. The van der Waals surface area contributed by atoms with Crippen molar-refractivity contribution in [1.29, 1.82) is 0 Å². The summed E-state index contributed by atoms with van der Waals surface area (Å²) in [5, 5.41) is 13.2. The first kappa shape index (κ1) is 13.5. The molecule has 2 N–H and O–H groups in total. The number of benzene rings is 1. The maximum Gasteiger partial charge on any atom is 0.134 e. The number of rotatable bonds is 8. The standard InChI is InChI=1S/C14H19NO2S/c16-7-3-8-18-9-6-15-11-13-10-12-4-1-2-5-14(12)17-13/h1-2,4-5,10,15-16H,3,6-9,11H2. The number of para-hydroxylation sites is 1. The second-order valence-corrected chi connectivity index (χ2v) is 5.34. The van der Waals surface area contributed by atoms with Crippen LogP contribution in [-0.4, -0.2) is 29.8 Å². The zero-order chi connectivity index (χ0) is 12.6. The van der Waals surface area contributed by atoms with Gasteiger partial charge in [-0.15, -0.1) is 0 Å². The second-order valence-electron chi connectivity index (χ2n) is 4.12. The summed E-state index contributed by atoms with van der Waals surface area (Å²) in [5.41, 5.74) is 0.951. The highest BCUT2D eigenvalue weighted by Gasteiger charge is 2.01. The fourth-order valence-corrected chi connectivity index (χ4v) is 2.57. The van der Waals surface area contributed by atoms with Gasteiger partial charge in [-0.3, -0.25) is 0 Å². The van der Waals surface area contributed by atoms with Crippen molar-refractivity contribution in [2.24, 2.45) is 0 Å². The molecule has 1 heterocycles. The van der Waals surface area contributed by atoms with Gasteiger partial charge < -0.3 is 14.8 Å². The third-order valence-electron chi connectivity index (χ3n) is 2.65. The molecule has 0 atom stereocenters. The van der Waals surface area contributed by atoms with Crippen LogP contribution >= 0.6 is 11.8 Å². The van der Waals surface area contributed by atoms with Gasteiger partial charge in [0.25, 0.3) is 0 Å². The van der Waals surface area contributed by atoms with Crippen LogP contribution in [0.3, 0.4) is 0 Å². The average Bonchev–Trinajstić information content (AvgIpc) is 2.80. The van der Waals surface area contributed by atoms with Gasteiger partial charge in [-0.1, -0.05) is 18.2 Å². The Morgan fingerprint density at radius 3 is 2.94 bits per heavy atom. The number of furan rings is 1. The Labute approximate surface area is 112 Å². The number of nitrogens with one attached hydrogen (secondary N) is 1. The lowest BCUT2D eigenvalue weighted by molar-refractivity contribution is 0.296. The van der Waals surface area contributed by atoms with E-state index in [4.69, 9.17) is 9.52 Å². The Bertz CT molecular complexity index is 437. The molecule has 0 aliphatic heterocycles. The molecule has 0 radical (unpaired) electrons. The summed E-state index contributed by atoms with van der Waals surface area (Å²) < 4.78 is 5.71. The Hall–Kier alpha value is -0.970. The molecule has 0 bridgehead atoms. The van der Waals surface area contributed by atoms with Gasteiger partial charge in [-0.2, -0.15) is 11.8 Å². The van der Waals surface area contributed by atoms with Crippen molar-refractivity contribution in [3.8, 4) is 0 Å². The van der Waals surface area contributed by atoms with Crippen LogP contribution in [0, 0.1) is 0 Å². The molecule has 0 saturated carbocycles. The molecule has 1 aromatic heterocycles. The van der Waals surface area contributed by atoms with Crippen LogP contribution in [0.1, 0.15) is 12.2 Å². The lowest BCUT2D eigenvalue weighted by Gasteiger charge is -2.02. The van der Waals surface area contributed by atoms with Crippen molar-refractivity contribution in [1.82, 2.24) is 5.32 Å². The van der Waals surface area contributed by atoms with E-state index < -0.39 is 0 Å². The van der Waals surface area contributed by atoms with Crippen LogP contribution in [0.25, 0.3) is 11.0 Å². The maximum absolute atomic E-state index is 8.65. The van der Waals surface area contributed by atoms with Crippen LogP contribution in [0.2, 0.25) is 0 Å². The molecule has 1 aromatic carbocycles. The molecule has 0 saturated heterocycles. The van der Waals surface area contributed by atoms with Gasteiger partial charge in [0, 0.05) is 24.3 Å². The van der Waals surface area contributed by atoms with Crippen molar-refractivity contribution in [2.45, 2.75) is 13.0 Å². The molecule has 0 fully saturated rings. The Morgan fingerprint density at radius 2 is 2.11 bits per heavy atom. The minimum absolute atomic E-state index is 0.291. The minimum Gasteiger partial charge on any atom is -0.460 e. The fraction of sp³-hybridized carbons (Fsp3) is 0.429. The summed E-state index contributed by atoms with van der Waals surface area (Å²) in [7, 11) is 0. The maximum atomic E-state index is 8.65. The van der Waals surface area contributed by atoms with Crippen molar-refractivity contribution >= 4 is 22.7 Å². The van der Waals surface area contributed by atoms with E-state index in [2.05, 4.69) is 17.4 Å². The van der Waals surface area contributed by atoms with Crippen LogP contribution in [0.5, 0.6) is 0 Å². The number of hydrogen-bond acceptors (Lipinski definition) is 4. The molecular formula is C14H19NO2S. The van der Waals surface area contributed by atoms with E-state index in [0.717, 1.165) is 47.7 Å². The molecule has 4 heteroatoms. The number of aliphatic hydroxyl groups excluding tert-OH is 1. The number of hydrogen-bond donors (Lipinski definition) is 2. The van der Waals surface area contributed by atoms with Crippen molar-refractivity contribution in [3.63, 3.8) is 0 Å². The molecule has 0 aliphatic carbocycles. The third kappa shape index (κ3) is 4.05. The highest BCUT2D eigenvalue weighted by molar-refractivity contribution is 7.99. The first-order valence-electron chi connectivity index (χ1n) is 6.27. The van der Waals surface area contributed by atoms with Gasteiger partial charge in [0.15, 0.2) is 0 Å². The first-order chi connectivity index (χ1) is 8.90. The second kappa shape index (κ2) is 7.46. The van der Waals surface area contributed by atoms with Crippen molar-refractivity contribution < 1.29 is 9.52 Å². The van der Waals surface area contributed by atoms with Gasteiger partial charge in [0.1, 0.15) is 11.3 Å². The summed E-state index contributed by atoms with van der Waals surface area (Å²) >= 11 is 1.86. The molecule has 0 spiro atoms. The Balaban J connectivity index is 1.67. The predicted octanol–water partition coefficient (Wildman–Crippen LogP) is 2.64. The van der Waals surface area contributed by atoms with Crippen LogP contribution < -0.4 is 5.32 Å². The van der Waals surface area contributed by atoms with Gasteiger partial charge in [0.2, 0.25) is 0 Å². The minimum atomic E-state index is 0.291. The number of fused-ring (bicyclic) bond motifs is 1. The zero-order valence-corrected chi connectivity index (χ0v) is 11.2. The van der Waals surface area contributed by atoms with Gasteiger partial charge >= 0.3 is 0 Å². The summed E-state index contributed by atoms with van der Waals surface area (Å²) in [6.45, 7) is 2.03. The molecule has 2 rings (SSSR count). The topological polar surface area (TPSA) is 45.4 Å². The van der Waals surface area contributed by atoms with E-state index in [1.54, 1.807) is 0 Å². The molecule has 3 nitrogen and oxygen atoms in total. The summed E-state index contributed by atoms with van der Waals surface area (Å²) in [6.07, 6.45) is 0.883. The zero-order valence-electron chi connectivity index (χ0n) is 10.4. The highest BCUT2D eigenvalue weighted by atomic mass is 32.2. The smallest absolute Gasteiger partial charge is 0.134 e. The molecule has 0 amide bonds. The van der Waals surface area contributed by atoms with E-state index in [1.807, 2.05) is 30.0 Å². The number of aliphatic hydroxyl groups is 1. The first-order valence-corrected chi connectivity index (χ1v) is 7.42. The molecule has 18 heavy (non-hydrogen) atoms.